The van der Waals surface area contributed by atoms with Crippen molar-refractivity contribution >= 4 is 17.5 Å². The summed E-state index contributed by atoms with van der Waals surface area (Å²) in [5.74, 6) is -0.120. The van der Waals surface area contributed by atoms with Crippen LogP contribution >= 0.6 is 0 Å². The van der Waals surface area contributed by atoms with Crippen LogP contribution in [-0.2, 0) is 9.59 Å². The quantitative estimate of drug-likeness (QED) is 0.867. The van der Waals surface area contributed by atoms with E-state index < -0.39 is 0 Å². The highest BCUT2D eigenvalue weighted by atomic mass is 16.2. The van der Waals surface area contributed by atoms with Crippen LogP contribution in [-0.4, -0.2) is 34.8 Å². The summed E-state index contributed by atoms with van der Waals surface area (Å²) in [6.07, 6.45) is 5.81. The Morgan fingerprint density at radius 3 is 2.60 bits per heavy atom. The van der Waals surface area contributed by atoms with Crippen LogP contribution in [0.15, 0.2) is 54.9 Å². The van der Waals surface area contributed by atoms with Gasteiger partial charge in [-0.1, -0.05) is 18.2 Å². The fourth-order valence-corrected chi connectivity index (χ4v) is 3.93. The Morgan fingerprint density at radius 1 is 1.08 bits per heavy atom. The van der Waals surface area contributed by atoms with Crippen LogP contribution in [0.5, 0.6) is 0 Å². The first-order valence-electron chi connectivity index (χ1n) is 8.80. The first-order valence-corrected chi connectivity index (χ1v) is 8.80. The highest BCUT2D eigenvalue weighted by Crippen LogP contribution is 2.35. The van der Waals surface area contributed by atoms with E-state index in [4.69, 9.17) is 0 Å². The van der Waals surface area contributed by atoms with Gasteiger partial charge in [0.15, 0.2) is 0 Å². The number of carbonyl (C=O) groups excluding carboxylic acids is 2. The monoisotopic (exact) mass is 335 g/mol. The molecule has 3 heterocycles. The third kappa shape index (κ3) is 3.02. The van der Waals surface area contributed by atoms with E-state index in [1.54, 1.807) is 17.3 Å². The smallest absolute Gasteiger partial charge is 0.228 e. The minimum Gasteiger partial charge on any atom is -0.335 e. The predicted molar refractivity (Wildman–Crippen MR) is 94.8 cm³/mol. The summed E-state index contributed by atoms with van der Waals surface area (Å²) in [5, 5.41) is 0. The summed E-state index contributed by atoms with van der Waals surface area (Å²) in [5.41, 5.74) is 2.00. The highest BCUT2D eigenvalue weighted by molar-refractivity contribution is 6.00. The van der Waals surface area contributed by atoms with E-state index in [1.165, 1.54) is 0 Å². The zero-order chi connectivity index (χ0) is 17.2. The van der Waals surface area contributed by atoms with Crippen molar-refractivity contribution in [1.82, 2.24) is 9.88 Å². The number of carbonyl (C=O) groups is 2. The van der Waals surface area contributed by atoms with Crippen molar-refractivity contribution in [3.05, 3.63) is 60.4 Å². The van der Waals surface area contributed by atoms with Gasteiger partial charge < -0.3 is 9.80 Å². The van der Waals surface area contributed by atoms with Gasteiger partial charge in [-0.05, 0) is 42.7 Å². The van der Waals surface area contributed by atoms with Crippen molar-refractivity contribution in [1.29, 1.82) is 0 Å². The van der Waals surface area contributed by atoms with E-state index in [9.17, 15) is 9.59 Å². The van der Waals surface area contributed by atoms with Gasteiger partial charge in [0.2, 0.25) is 11.8 Å². The number of nitrogens with zero attached hydrogens (tertiary/aromatic N) is 3. The van der Waals surface area contributed by atoms with Crippen LogP contribution < -0.4 is 4.90 Å². The second-order valence-electron chi connectivity index (χ2n) is 6.71. The van der Waals surface area contributed by atoms with Gasteiger partial charge in [0.25, 0.3) is 0 Å². The molecule has 2 atom stereocenters. The maximum absolute atomic E-state index is 13.1. The summed E-state index contributed by atoms with van der Waals surface area (Å²) in [6.45, 7) is 1.24. The Balaban J connectivity index is 1.50. The zero-order valence-electron chi connectivity index (χ0n) is 14.0. The molecule has 5 nitrogen and oxygen atoms in total. The van der Waals surface area contributed by atoms with Gasteiger partial charge in [0, 0.05) is 37.6 Å². The number of hydrogen-bond acceptors (Lipinski definition) is 3. The third-order valence-corrected chi connectivity index (χ3v) is 5.17. The van der Waals surface area contributed by atoms with Crippen molar-refractivity contribution in [3.8, 4) is 0 Å². The molecule has 0 saturated carbocycles. The molecule has 1 aromatic carbocycles. The number of benzene rings is 1. The molecule has 2 saturated heterocycles. The van der Waals surface area contributed by atoms with Gasteiger partial charge in [-0.3, -0.25) is 14.6 Å². The van der Waals surface area contributed by atoms with E-state index in [-0.39, 0.29) is 23.8 Å². The molecule has 2 aliphatic heterocycles. The predicted octanol–water partition coefficient (Wildman–Crippen LogP) is 2.80. The SMILES string of the molecule is O=C1C[C@H](C(=O)N2CCC[C@@H]2c2ccncc2)CN1c1ccccc1. The summed E-state index contributed by atoms with van der Waals surface area (Å²) >= 11 is 0. The van der Waals surface area contributed by atoms with Gasteiger partial charge in [0.1, 0.15) is 0 Å². The maximum atomic E-state index is 13.1. The molecule has 4 rings (SSSR count). The summed E-state index contributed by atoms with van der Waals surface area (Å²) in [4.78, 5) is 33.2. The average Bonchev–Trinajstić information content (AvgIpc) is 3.29. The molecule has 0 spiro atoms. The van der Waals surface area contributed by atoms with Crippen LogP contribution in [0.3, 0.4) is 0 Å². The normalized spacial score (nSPS) is 23.3. The van der Waals surface area contributed by atoms with E-state index >= 15 is 0 Å². The Morgan fingerprint density at radius 2 is 1.84 bits per heavy atom. The van der Waals surface area contributed by atoms with Crippen molar-refractivity contribution in [2.75, 3.05) is 18.0 Å². The number of anilines is 1. The molecule has 25 heavy (non-hydrogen) atoms. The second-order valence-corrected chi connectivity index (χ2v) is 6.71. The Hall–Kier alpha value is -2.69. The topological polar surface area (TPSA) is 53.5 Å². The van der Waals surface area contributed by atoms with E-state index in [0.29, 0.717) is 13.0 Å². The molecule has 0 bridgehead atoms. The Bertz CT molecular complexity index is 763. The Kier molecular flexibility index (Phi) is 4.22. The number of aromatic nitrogens is 1. The first kappa shape index (κ1) is 15.8. The van der Waals surface area contributed by atoms with E-state index in [2.05, 4.69) is 4.98 Å². The van der Waals surface area contributed by atoms with Crippen molar-refractivity contribution in [2.45, 2.75) is 25.3 Å². The molecular weight excluding hydrogens is 314 g/mol. The lowest BCUT2D eigenvalue weighted by Gasteiger charge is -2.27. The molecule has 0 N–H and O–H groups in total. The summed E-state index contributed by atoms with van der Waals surface area (Å²) in [7, 11) is 0. The lowest BCUT2D eigenvalue weighted by Crippen LogP contribution is -2.37. The molecule has 2 amide bonds. The number of para-hydroxylation sites is 1. The standard InChI is InChI=1S/C20H21N3O2/c24-19-13-16(14-23(19)17-5-2-1-3-6-17)20(25)22-12-4-7-18(22)15-8-10-21-11-9-15/h1-3,5-6,8-11,16,18H,4,7,12-14H2/t16-,18+/m0/s1. The van der Waals surface area contributed by atoms with Crippen molar-refractivity contribution < 1.29 is 9.59 Å². The van der Waals surface area contributed by atoms with Gasteiger partial charge in [0.05, 0.1) is 12.0 Å². The van der Waals surface area contributed by atoms with E-state index in [0.717, 1.165) is 30.6 Å². The average molecular weight is 335 g/mol. The van der Waals surface area contributed by atoms with Crippen LogP contribution in [0.1, 0.15) is 30.9 Å². The van der Waals surface area contributed by atoms with Gasteiger partial charge in [-0.15, -0.1) is 0 Å². The van der Waals surface area contributed by atoms with Crippen LogP contribution in [0.2, 0.25) is 0 Å². The zero-order valence-corrected chi connectivity index (χ0v) is 14.0. The number of hydrogen-bond donors (Lipinski definition) is 0. The molecule has 0 unspecified atom stereocenters. The van der Waals surface area contributed by atoms with Crippen molar-refractivity contribution in [3.63, 3.8) is 0 Å². The first-order chi connectivity index (χ1) is 12.2. The number of rotatable bonds is 3. The van der Waals surface area contributed by atoms with Gasteiger partial charge in [-0.25, -0.2) is 0 Å². The highest BCUT2D eigenvalue weighted by Gasteiger charge is 2.40. The third-order valence-electron chi connectivity index (χ3n) is 5.17. The summed E-state index contributed by atoms with van der Waals surface area (Å²) in [6, 6.07) is 13.7. The van der Waals surface area contributed by atoms with Crippen LogP contribution in [0.25, 0.3) is 0 Å². The minimum atomic E-state index is -0.254. The van der Waals surface area contributed by atoms with Gasteiger partial charge in [-0.2, -0.15) is 0 Å². The Labute approximate surface area is 147 Å². The fraction of sp³-hybridized carbons (Fsp3) is 0.350. The molecular formula is C20H21N3O2. The number of amides is 2. The molecule has 1 aromatic heterocycles. The molecule has 0 aliphatic carbocycles. The summed E-state index contributed by atoms with van der Waals surface area (Å²) < 4.78 is 0. The van der Waals surface area contributed by atoms with Crippen LogP contribution in [0, 0.1) is 5.92 Å². The molecule has 5 heteroatoms. The van der Waals surface area contributed by atoms with Gasteiger partial charge >= 0.3 is 0 Å². The molecule has 0 radical (unpaired) electrons. The van der Waals surface area contributed by atoms with Crippen molar-refractivity contribution in [2.24, 2.45) is 5.92 Å². The molecule has 2 fully saturated rings. The number of likely N-dealkylation sites (tertiary alicyclic amines) is 1. The fourth-order valence-electron chi connectivity index (χ4n) is 3.93. The largest absolute Gasteiger partial charge is 0.335 e. The lowest BCUT2D eigenvalue weighted by molar-refractivity contribution is -0.136. The molecule has 2 aromatic rings. The number of pyridine rings is 1. The lowest BCUT2D eigenvalue weighted by atomic mass is 10.0. The van der Waals surface area contributed by atoms with Crippen LogP contribution in [0.4, 0.5) is 5.69 Å². The maximum Gasteiger partial charge on any atom is 0.228 e. The second kappa shape index (κ2) is 6.67. The minimum absolute atomic E-state index is 0.0317. The molecule has 2 aliphatic rings. The molecule has 128 valence electrons. The van der Waals surface area contributed by atoms with E-state index in [1.807, 2.05) is 47.4 Å².